The number of hydrogen-bond acceptors (Lipinski definition) is 2. The lowest BCUT2D eigenvalue weighted by molar-refractivity contribution is -0.119. The Bertz CT molecular complexity index is 358. The number of carbonyl (C=O) groups excluding carboxylic acids is 1. The highest BCUT2D eigenvalue weighted by molar-refractivity contribution is 5.86. The molecule has 0 spiro atoms. The molecule has 1 aromatic rings. The van der Waals surface area contributed by atoms with Crippen molar-refractivity contribution < 1.29 is 4.79 Å². The van der Waals surface area contributed by atoms with E-state index in [2.05, 4.69) is 31.3 Å². The van der Waals surface area contributed by atoms with Gasteiger partial charge >= 0.3 is 0 Å². The summed E-state index contributed by atoms with van der Waals surface area (Å²) in [4.78, 5) is 11.8. The predicted octanol–water partition coefficient (Wildman–Crippen LogP) is 2.36. The second-order valence-corrected chi connectivity index (χ2v) is 4.86. The van der Waals surface area contributed by atoms with Crippen molar-refractivity contribution in [3.63, 3.8) is 0 Å². The minimum absolute atomic E-state index is 0.258. The molecule has 2 unspecified atom stereocenters. The molecule has 0 amide bonds. The molecule has 0 aromatic heterocycles. The van der Waals surface area contributed by atoms with Gasteiger partial charge in [0.15, 0.2) is 0 Å². The number of carbonyl (C=O) groups is 1. The van der Waals surface area contributed by atoms with Gasteiger partial charge in [-0.1, -0.05) is 44.2 Å². The first-order chi connectivity index (χ1) is 7.68. The van der Waals surface area contributed by atoms with Gasteiger partial charge in [-0.2, -0.15) is 0 Å². The zero-order valence-corrected chi connectivity index (χ0v) is 9.94. The first-order valence-electron chi connectivity index (χ1n) is 5.99. The van der Waals surface area contributed by atoms with Crippen LogP contribution in [0.5, 0.6) is 0 Å². The summed E-state index contributed by atoms with van der Waals surface area (Å²) in [6, 6.07) is 10.7. The molecular formula is C14H19NO. The summed E-state index contributed by atoms with van der Waals surface area (Å²) in [5.41, 5.74) is 1.31. The lowest BCUT2D eigenvalue weighted by atomic mass is 10.1. The van der Waals surface area contributed by atoms with Crippen LogP contribution in [0.1, 0.15) is 31.7 Å². The first kappa shape index (κ1) is 11.3. The summed E-state index contributed by atoms with van der Waals surface area (Å²) < 4.78 is 0. The van der Waals surface area contributed by atoms with Gasteiger partial charge in [0.1, 0.15) is 5.78 Å². The molecule has 2 heteroatoms. The maximum absolute atomic E-state index is 11.8. The van der Waals surface area contributed by atoms with Crippen LogP contribution in [0, 0.1) is 5.92 Å². The summed E-state index contributed by atoms with van der Waals surface area (Å²) in [5.74, 6) is 1.10. The largest absolute Gasteiger partial charge is 0.308 e. The molecule has 0 heterocycles. The van der Waals surface area contributed by atoms with E-state index in [9.17, 15) is 4.79 Å². The Labute approximate surface area is 97.1 Å². The van der Waals surface area contributed by atoms with E-state index in [0.29, 0.717) is 24.3 Å². The van der Waals surface area contributed by atoms with Crippen LogP contribution in [0.2, 0.25) is 0 Å². The van der Waals surface area contributed by atoms with Crippen molar-refractivity contribution >= 4 is 5.78 Å². The summed E-state index contributed by atoms with van der Waals surface area (Å²) in [7, 11) is 0. The third kappa shape index (κ3) is 2.70. The smallest absolute Gasteiger partial charge is 0.150 e. The van der Waals surface area contributed by atoms with Gasteiger partial charge in [0, 0.05) is 12.0 Å². The number of nitrogens with one attached hydrogen (secondary N) is 1. The SMILES string of the molecule is CC(C)NCC(=O)C1CC1c1ccccc1. The fourth-order valence-corrected chi connectivity index (χ4v) is 2.06. The fraction of sp³-hybridized carbons (Fsp3) is 0.500. The molecule has 2 atom stereocenters. The zero-order chi connectivity index (χ0) is 11.5. The highest BCUT2D eigenvalue weighted by Crippen LogP contribution is 2.47. The third-order valence-corrected chi connectivity index (χ3v) is 3.12. The van der Waals surface area contributed by atoms with E-state index in [1.165, 1.54) is 5.56 Å². The molecule has 1 aliphatic carbocycles. The van der Waals surface area contributed by atoms with Crippen molar-refractivity contribution in [1.29, 1.82) is 0 Å². The topological polar surface area (TPSA) is 29.1 Å². The molecule has 1 aromatic carbocycles. The average Bonchev–Trinajstić information content (AvgIpc) is 3.07. The summed E-state index contributed by atoms with van der Waals surface area (Å²) in [6.45, 7) is 4.65. The van der Waals surface area contributed by atoms with Crippen molar-refractivity contribution in [2.75, 3.05) is 6.54 Å². The molecule has 1 N–H and O–H groups in total. The number of Topliss-reactive ketones (excluding diaryl/α,β-unsaturated/α-hetero) is 1. The van der Waals surface area contributed by atoms with Gasteiger partial charge in [0.25, 0.3) is 0 Å². The van der Waals surface area contributed by atoms with Gasteiger partial charge in [-0.3, -0.25) is 4.79 Å². The fourth-order valence-electron chi connectivity index (χ4n) is 2.06. The molecular weight excluding hydrogens is 198 g/mol. The Morgan fingerprint density at radius 2 is 2.06 bits per heavy atom. The van der Waals surface area contributed by atoms with Crippen LogP contribution < -0.4 is 5.32 Å². The van der Waals surface area contributed by atoms with Crippen LogP contribution in [0.3, 0.4) is 0 Å². The Morgan fingerprint density at radius 1 is 1.38 bits per heavy atom. The normalized spacial score (nSPS) is 23.4. The Balaban J connectivity index is 1.85. The quantitative estimate of drug-likeness (QED) is 0.820. The van der Waals surface area contributed by atoms with Gasteiger partial charge in [0.05, 0.1) is 6.54 Å². The Hall–Kier alpha value is -1.15. The Kier molecular flexibility index (Phi) is 3.39. The molecule has 2 rings (SSSR count). The molecule has 86 valence electrons. The highest BCUT2D eigenvalue weighted by atomic mass is 16.1. The molecule has 1 fully saturated rings. The maximum Gasteiger partial charge on any atom is 0.150 e. The van der Waals surface area contributed by atoms with Gasteiger partial charge < -0.3 is 5.32 Å². The van der Waals surface area contributed by atoms with Crippen molar-refractivity contribution in [2.24, 2.45) is 5.92 Å². The zero-order valence-electron chi connectivity index (χ0n) is 9.94. The first-order valence-corrected chi connectivity index (χ1v) is 5.99. The van der Waals surface area contributed by atoms with Crippen LogP contribution in [0.25, 0.3) is 0 Å². The number of ketones is 1. The second-order valence-electron chi connectivity index (χ2n) is 4.86. The van der Waals surface area contributed by atoms with Crippen LogP contribution >= 0.6 is 0 Å². The summed E-state index contributed by atoms with van der Waals surface area (Å²) in [6.07, 6.45) is 1.03. The van der Waals surface area contributed by atoms with Crippen molar-refractivity contribution in [1.82, 2.24) is 5.32 Å². The monoisotopic (exact) mass is 217 g/mol. The average molecular weight is 217 g/mol. The molecule has 0 saturated heterocycles. The number of rotatable bonds is 5. The van der Waals surface area contributed by atoms with Crippen LogP contribution in [0.4, 0.5) is 0 Å². The standard InChI is InChI=1S/C14H19NO/c1-10(2)15-9-14(16)13-8-12(13)11-6-4-3-5-7-11/h3-7,10,12-13,15H,8-9H2,1-2H3. The van der Waals surface area contributed by atoms with Gasteiger partial charge in [-0.25, -0.2) is 0 Å². The van der Waals surface area contributed by atoms with E-state index >= 15 is 0 Å². The molecule has 1 saturated carbocycles. The number of benzene rings is 1. The molecule has 0 aliphatic heterocycles. The van der Waals surface area contributed by atoms with E-state index in [-0.39, 0.29) is 5.92 Å². The molecule has 1 aliphatic rings. The lowest BCUT2D eigenvalue weighted by Crippen LogP contribution is -2.30. The Morgan fingerprint density at radius 3 is 2.69 bits per heavy atom. The van der Waals surface area contributed by atoms with Crippen molar-refractivity contribution in [2.45, 2.75) is 32.2 Å². The van der Waals surface area contributed by atoms with E-state index < -0.39 is 0 Å². The molecule has 16 heavy (non-hydrogen) atoms. The number of hydrogen-bond donors (Lipinski definition) is 1. The van der Waals surface area contributed by atoms with Gasteiger partial charge in [-0.15, -0.1) is 0 Å². The highest BCUT2D eigenvalue weighted by Gasteiger charge is 2.42. The van der Waals surface area contributed by atoms with E-state index in [0.717, 1.165) is 6.42 Å². The predicted molar refractivity (Wildman–Crippen MR) is 65.4 cm³/mol. The van der Waals surface area contributed by atoms with Crippen LogP contribution in [0.15, 0.2) is 30.3 Å². The van der Waals surface area contributed by atoms with Gasteiger partial charge in [-0.05, 0) is 17.9 Å². The van der Waals surface area contributed by atoms with Crippen LogP contribution in [-0.4, -0.2) is 18.4 Å². The summed E-state index contributed by atoms with van der Waals surface area (Å²) in [5, 5.41) is 3.19. The van der Waals surface area contributed by atoms with E-state index in [4.69, 9.17) is 0 Å². The van der Waals surface area contributed by atoms with Crippen LogP contribution in [-0.2, 0) is 4.79 Å². The summed E-state index contributed by atoms with van der Waals surface area (Å²) >= 11 is 0. The second kappa shape index (κ2) is 4.79. The van der Waals surface area contributed by atoms with E-state index in [1.54, 1.807) is 0 Å². The lowest BCUT2D eigenvalue weighted by Gasteiger charge is -2.06. The minimum atomic E-state index is 0.258. The van der Waals surface area contributed by atoms with Gasteiger partial charge in [0.2, 0.25) is 0 Å². The molecule has 0 bridgehead atoms. The molecule has 2 nitrogen and oxygen atoms in total. The van der Waals surface area contributed by atoms with E-state index in [1.807, 2.05) is 18.2 Å². The third-order valence-electron chi connectivity index (χ3n) is 3.12. The maximum atomic E-state index is 11.8. The minimum Gasteiger partial charge on any atom is -0.308 e. The van der Waals surface area contributed by atoms with Crippen molar-refractivity contribution in [3.05, 3.63) is 35.9 Å². The van der Waals surface area contributed by atoms with Crippen molar-refractivity contribution in [3.8, 4) is 0 Å². The molecule has 0 radical (unpaired) electrons.